The minimum Gasteiger partial charge on any atom is -0.345 e. The van der Waals surface area contributed by atoms with Crippen LogP contribution in [-0.2, 0) is 16.0 Å². The van der Waals surface area contributed by atoms with Crippen LogP contribution >= 0.6 is 0 Å². The van der Waals surface area contributed by atoms with E-state index < -0.39 is 0 Å². The molecule has 1 aliphatic carbocycles. The fourth-order valence-electron chi connectivity index (χ4n) is 3.43. The van der Waals surface area contributed by atoms with Gasteiger partial charge in [0.2, 0.25) is 11.8 Å². The third-order valence-electron chi connectivity index (χ3n) is 5.33. The Bertz CT molecular complexity index is 920. The molecule has 0 aliphatic heterocycles. The number of hydrogen-bond donors (Lipinski definition) is 2. The summed E-state index contributed by atoms with van der Waals surface area (Å²) in [6.07, 6.45) is 5.07. The third kappa shape index (κ3) is 6.95. The Balaban J connectivity index is 1.51. The van der Waals surface area contributed by atoms with E-state index in [1.54, 1.807) is 11.0 Å². The normalized spacial score (nSPS) is 12.8. The van der Waals surface area contributed by atoms with Crippen LogP contribution in [0.3, 0.4) is 0 Å². The van der Waals surface area contributed by atoms with Gasteiger partial charge in [0.05, 0.1) is 6.54 Å². The number of unbranched alkanes of at least 4 members (excludes halogenated alkanes) is 1. The van der Waals surface area contributed by atoms with Crippen molar-refractivity contribution in [3.8, 4) is 0 Å². The van der Waals surface area contributed by atoms with Crippen molar-refractivity contribution in [1.29, 1.82) is 0 Å². The van der Waals surface area contributed by atoms with Gasteiger partial charge < -0.3 is 15.5 Å². The highest BCUT2D eigenvalue weighted by Crippen LogP contribution is 2.28. The smallest absolute Gasteiger partial charge is 0.254 e. The summed E-state index contributed by atoms with van der Waals surface area (Å²) in [5.41, 5.74) is 3.54. The summed E-state index contributed by atoms with van der Waals surface area (Å²) in [4.78, 5) is 39.1. The maximum Gasteiger partial charge on any atom is 0.254 e. The number of carbonyl (C=O) groups is 3. The minimum absolute atomic E-state index is 0.0428. The molecule has 6 heteroatoms. The number of anilines is 1. The van der Waals surface area contributed by atoms with Gasteiger partial charge in [-0.05, 0) is 68.0 Å². The molecule has 31 heavy (non-hydrogen) atoms. The predicted molar refractivity (Wildman–Crippen MR) is 122 cm³/mol. The Morgan fingerprint density at radius 1 is 1.03 bits per heavy atom. The fraction of sp³-hybridized carbons (Fsp3) is 0.400. The minimum atomic E-state index is -0.334. The molecule has 6 nitrogen and oxygen atoms in total. The van der Waals surface area contributed by atoms with Crippen LogP contribution in [-0.4, -0.2) is 41.8 Å². The third-order valence-corrected chi connectivity index (χ3v) is 5.33. The maximum atomic E-state index is 13.0. The highest BCUT2D eigenvalue weighted by Gasteiger charge is 2.34. The van der Waals surface area contributed by atoms with Crippen LogP contribution < -0.4 is 10.6 Å². The molecular weight excluding hydrogens is 390 g/mol. The number of nitrogens with one attached hydrogen (secondary N) is 2. The van der Waals surface area contributed by atoms with E-state index in [1.165, 1.54) is 5.56 Å². The topological polar surface area (TPSA) is 78.5 Å². The quantitative estimate of drug-likeness (QED) is 0.614. The predicted octanol–water partition coefficient (Wildman–Crippen LogP) is 3.70. The number of benzene rings is 2. The molecule has 0 spiro atoms. The second kappa shape index (κ2) is 10.8. The standard InChI is InChI=1S/C25H31N3O3/c1-3-4-7-19-9-11-20(12-10-19)25(31)28(22-13-14-22)17-24(30)26-16-23(29)27-21-8-5-6-18(2)15-21/h5-6,8-12,15,22H,3-4,7,13-14,16-17H2,1-2H3,(H,26,30)(H,27,29). The molecule has 1 fully saturated rings. The summed E-state index contributed by atoms with van der Waals surface area (Å²) in [6, 6.07) is 15.2. The monoisotopic (exact) mass is 421 g/mol. The van der Waals surface area contributed by atoms with E-state index in [2.05, 4.69) is 17.6 Å². The second-order valence-electron chi connectivity index (χ2n) is 8.16. The van der Waals surface area contributed by atoms with E-state index in [9.17, 15) is 14.4 Å². The Morgan fingerprint density at radius 3 is 2.42 bits per heavy atom. The van der Waals surface area contributed by atoms with Crippen molar-refractivity contribution in [3.05, 3.63) is 65.2 Å². The summed E-state index contributed by atoms with van der Waals surface area (Å²) < 4.78 is 0. The zero-order valence-electron chi connectivity index (χ0n) is 18.3. The van der Waals surface area contributed by atoms with Gasteiger partial charge >= 0.3 is 0 Å². The number of hydrogen-bond acceptors (Lipinski definition) is 3. The molecule has 0 unspecified atom stereocenters. The van der Waals surface area contributed by atoms with Crippen LogP contribution in [0.15, 0.2) is 48.5 Å². The lowest BCUT2D eigenvalue weighted by molar-refractivity contribution is -0.124. The van der Waals surface area contributed by atoms with Crippen LogP contribution in [0.4, 0.5) is 5.69 Å². The molecular formula is C25H31N3O3. The van der Waals surface area contributed by atoms with Crippen molar-refractivity contribution < 1.29 is 14.4 Å². The zero-order valence-corrected chi connectivity index (χ0v) is 18.3. The number of rotatable bonds is 10. The molecule has 1 saturated carbocycles. The van der Waals surface area contributed by atoms with Gasteiger partial charge in [-0.25, -0.2) is 0 Å². The van der Waals surface area contributed by atoms with Crippen LogP contribution in [0.5, 0.6) is 0 Å². The van der Waals surface area contributed by atoms with E-state index in [1.807, 2.05) is 49.4 Å². The highest BCUT2D eigenvalue weighted by molar-refractivity contribution is 5.98. The number of carbonyl (C=O) groups excluding carboxylic acids is 3. The highest BCUT2D eigenvalue weighted by atomic mass is 16.2. The first-order chi connectivity index (χ1) is 15.0. The number of aryl methyl sites for hydroxylation is 2. The van der Waals surface area contributed by atoms with Gasteiger partial charge in [0.1, 0.15) is 6.54 Å². The molecule has 3 rings (SSSR count). The first-order valence-corrected chi connectivity index (χ1v) is 11.0. The SMILES string of the molecule is CCCCc1ccc(C(=O)N(CC(=O)NCC(=O)Nc2cccc(C)c2)C2CC2)cc1. The van der Waals surface area contributed by atoms with Gasteiger partial charge in [-0.1, -0.05) is 37.6 Å². The van der Waals surface area contributed by atoms with Crippen molar-refractivity contribution in [3.63, 3.8) is 0 Å². The van der Waals surface area contributed by atoms with Crippen molar-refractivity contribution in [2.45, 2.75) is 52.0 Å². The largest absolute Gasteiger partial charge is 0.345 e. The summed E-state index contributed by atoms with van der Waals surface area (Å²) in [5, 5.41) is 5.38. The average Bonchev–Trinajstić information content (AvgIpc) is 3.60. The lowest BCUT2D eigenvalue weighted by Crippen LogP contribution is -2.43. The molecule has 2 aromatic carbocycles. The first kappa shape index (κ1) is 22.5. The molecule has 0 radical (unpaired) electrons. The van der Waals surface area contributed by atoms with Gasteiger partial charge in [0.25, 0.3) is 5.91 Å². The van der Waals surface area contributed by atoms with Crippen LogP contribution in [0.25, 0.3) is 0 Å². The molecule has 2 N–H and O–H groups in total. The fourth-order valence-corrected chi connectivity index (χ4v) is 3.43. The van der Waals surface area contributed by atoms with Gasteiger partial charge in [0.15, 0.2) is 0 Å². The van der Waals surface area contributed by atoms with Crippen LogP contribution in [0, 0.1) is 6.92 Å². The molecule has 164 valence electrons. The van der Waals surface area contributed by atoms with E-state index in [4.69, 9.17) is 0 Å². The van der Waals surface area contributed by atoms with Crippen LogP contribution in [0.1, 0.15) is 54.1 Å². The molecule has 0 aromatic heterocycles. The second-order valence-corrected chi connectivity index (χ2v) is 8.16. The Kier molecular flexibility index (Phi) is 7.82. The summed E-state index contributed by atoms with van der Waals surface area (Å²) in [6.45, 7) is 3.92. The molecule has 0 heterocycles. The van der Waals surface area contributed by atoms with Gasteiger partial charge in [-0.3, -0.25) is 14.4 Å². The molecule has 0 saturated heterocycles. The zero-order chi connectivity index (χ0) is 22.2. The van der Waals surface area contributed by atoms with E-state index in [0.717, 1.165) is 37.7 Å². The van der Waals surface area contributed by atoms with E-state index >= 15 is 0 Å². The molecule has 0 atom stereocenters. The summed E-state index contributed by atoms with van der Waals surface area (Å²) >= 11 is 0. The molecule has 0 bridgehead atoms. The summed E-state index contributed by atoms with van der Waals surface area (Å²) in [5.74, 6) is -0.769. The van der Waals surface area contributed by atoms with Crippen molar-refractivity contribution in [1.82, 2.24) is 10.2 Å². The first-order valence-electron chi connectivity index (χ1n) is 11.0. The lowest BCUT2D eigenvalue weighted by atomic mass is 10.1. The maximum absolute atomic E-state index is 13.0. The van der Waals surface area contributed by atoms with E-state index in [0.29, 0.717) is 11.3 Å². The van der Waals surface area contributed by atoms with Crippen molar-refractivity contribution in [2.24, 2.45) is 0 Å². The Hall–Kier alpha value is -3.15. The Morgan fingerprint density at radius 2 is 1.77 bits per heavy atom. The van der Waals surface area contributed by atoms with Crippen molar-refractivity contribution >= 4 is 23.4 Å². The molecule has 3 amide bonds. The number of nitrogens with zero attached hydrogens (tertiary/aromatic N) is 1. The van der Waals surface area contributed by atoms with Gasteiger partial charge in [-0.2, -0.15) is 0 Å². The Labute approximate surface area is 184 Å². The van der Waals surface area contributed by atoms with Crippen LogP contribution in [0.2, 0.25) is 0 Å². The average molecular weight is 422 g/mol. The summed E-state index contributed by atoms with van der Waals surface area (Å²) in [7, 11) is 0. The van der Waals surface area contributed by atoms with Gasteiger partial charge in [0, 0.05) is 17.3 Å². The molecule has 1 aliphatic rings. The van der Waals surface area contributed by atoms with Crippen molar-refractivity contribution in [2.75, 3.05) is 18.4 Å². The molecule has 2 aromatic rings. The number of amides is 3. The lowest BCUT2D eigenvalue weighted by Gasteiger charge is -2.22. The van der Waals surface area contributed by atoms with Gasteiger partial charge in [-0.15, -0.1) is 0 Å². The van der Waals surface area contributed by atoms with E-state index in [-0.39, 0.29) is 36.9 Å².